The number of non-ortho nitro benzene ring substituents is 1. The van der Waals surface area contributed by atoms with Crippen molar-refractivity contribution in [1.29, 1.82) is 0 Å². The van der Waals surface area contributed by atoms with Gasteiger partial charge in [0.15, 0.2) is 6.61 Å². The number of aromatic nitrogens is 1. The molecule has 3 rings (SSSR count). The Morgan fingerprint density at radius 3 is 2.76 bits per heavy atom. The van der Waals surface area contributed by atoms with Crippen molar-refractivity contribution in [1.82, 2.24) is 4.98 Å². The van der Waals surface area contributed by atoms with E-state index < -0.39 is 23.4 Å². The molecule has 0 saturated carbocycles. The van der Waals surface area contributed by atoms with Crippen LogP contribution in [-0.2, 0) is 14.3 Å². The topological polar surface area (TPSA) is 111 Å². The summed E-state index contributed by atoms with van der Waals surface area (Å²) in [5.74, 6) is -1.22. The average Bonchev–Trinajstić information content (AvgIpc) is 2.72. The zero-order valence-corrected chi connectivity index (χ0v) is 15.5. The summed E-state index contributed by atoms with van der Waals surface area (Å²) in [7, 11) is 0. The zero-order chi connectivity index (χ0) is 20.8. The molecule has 1 heterocycles. The molecule has 3 aromatic rings. The molecule has 0 spiro atoms. The van der Waals surface area contributed by atoms with E-state index in [1.165, 1.54) is 24.3 Å². The molecule has 0 radical (unpaired) electrons. The Hall–Kier alpha value is -4.07. The second-order valence-electron chi connectivity index (χ2n) is 6.17. The third-order valence-electron chi connectivity index (χ3n) is 4.10. The second-order valence-corrected chi connectivity index (χ2v) is 6.17. The molecule has 0 aliphatic rings. The van der Waals surface area contributed by atoms with Gasteiger partial charge >= 0.3 is 5.97 Å². The highest BCUT2D eigenvalue weighted by atomic mass is 16.6. The number of rotatable bonds is 6. The summed E-state index contributed by atoms with van der Waals surface area (Å²) >= 11 is 0. The number of hydrogen-bond acceptors (Lipinski definition) is 6. The standard InChI is InChI=1S/C21H17N3O5/c1-14-12-17(24(27)28)8-9-18(14)23-19(25)13-29-20(26)10-7-16-5-2-4-15-6-3-11-22-21(15)16/h2-12H,13H2,1H3,(H,23,25)/b10-7+. The van der Waals surface area contributed by atoms with E-state index in [9.17, 15) is 19.7 Å². The van der Waals surface area contributed by atoms with Crippen molar-refractivity contribution in [2.24, 2.45) is 0 Å². The van der Waals surface area contributed by atoms with Crippen molar-refractivity contribution in [2.75, 3.05) is 11.9 Å². The number of ether oxygens (including phenoxy) is 1. The number of nitro groups is 1. The quantitative estimate of drug-likeness (QED) is 0.297. The lowest BCUT2D eigenvalue weighted by Crippen LogP contribution is -2.20. The van der Waals surface area contributed by atoms with E-state index in [2.05, 4.69) is 10.3 Å². The summed E-state index contributed by atoms with van der Waals surface area (Å²) in [5.41, 5.74) is 2.38. The van der Waals surface area contributed by atoms with E-state index >= 15 is 0 Å². The van der Waals surface area contributed by atoms with Gasteiger partial charge in [0.1, 0.15) is 0 Å². The number of carbonyl (C=O) groups is 2. The first kappa shape index (κ1) is 19.7. The predicted octanol–water partition coefficient (Wildman–Crippen LogP) is 3.65. The van der Waals surface area contributed by atoms with Crippen LogP contribution in [0.5, 0.6) is 0 Å². The van der Waals surface area contributed by atoms with Crippen LogP contribution in [0.4, 0.5) is 11.4 Å². The van der Waals surface area contributed by atoms with E-state index in [1.807, 2.05) is 30.3 Å². The van der Waals surface area contributed by atoms with Crippen molar-refractivity contribution >= 4 is 40.2 Å². The molecule has 0 unspecified atom stereocenters. The maximum absolute atomic E-state index is 12.0. The van der Waals surface area contributed by atoms with Crippen LogP contribution in [0.3, 0.4) is 0 Å². The number of para-hydroxylation sites is 1. The van der Waals surface area contributed by atoms with Crippen LogP contribution >= 0.6 is 0 Å². The summed E-state index contributed by atoms with van der Waals surface area (Å²) in [6, 6.07) is 13.4. The molecule has 0 saturated heterocycles. The fourth-order valence-electron chi connectivity index (χ4n) is 2.69. The number of fused-ring (bicyclic) bond motifs is 1. The number of nitro benzene ring substituents is 1. The highest BCUT2D eigenvalue weighted by molar-refractivity contribution is 5.96. The molecule has 0 aliphatic carbocycles. The van der Waals surface area contributed by atoms with Gasteiger partial charge in [-0.25, -0.2) is 4.79 Å². The number of nitrogens with one attached hydrogen (secondary N) is 1. The normalized spacial score (nSPS) is 10.8. The predicted molar refractivity (Wildman–Crippen MR) is 108 cm³/mol. The SMILES string of the molecule is Cc1cc([N+](=O)[O-])ccc1NC(=O)COC(=O)/C=C/c1cccc2cccnc12. The first-order valence-electron chi connectivity index (χ1n) is 8.67. The third kappa shape index (κ3) is 5.01. The van der Waals surface area contributed by atoms with Crippen LogP contribution in [0.15, 0.2) is 60.8 Å². The molecular formula is C21H17N3O5. The van der Waals surface area contributed by atoms with Gasteiger partial charge in [0.25, 0.3) is 11.6 Å². The average molecular weight is 391 g/mol. The van der Waals surface area contributed by atoms with Crippen molar-refractivity contribution in [2.45, 2.75) is 6.92 Å². The van der Waals surface area contributed by atoms with Crippen LogP contribution in [0.25, 0.3) is 17.0 Å². The summed E-state index contributed by atoms with van der Waals surface area (Å²) in [4.78, 5) is 38.4. The maximum Gasteiger partial charge on any atom is 0.331 e. The van der Waals surface area contributed by atoms with Gasteiger partial charge in [-0.15, -0.1) is 0 Å². The molecular weight excluding hydrogens is 374 g/mol. The Kier molecular flexibility index (Phi) is 5.94. The number of aryl methyl sites for hydroxylation is 1. The van der Waals surface area contributed by atoms with Gasteiger partial charge in [0, 0.05) is 41.0 Å². The van der Waals surface area contributed by atoms with Gasteiger partial charge in [0.05, 0.1) is 10.4 Å². The summed E-state index contributed by atoms with van der Waals surface area (Å²) in [6.45, 7) is 1.16. The number of anilines is 1. The van der Waals surface area contributed by atoms with Gasteiger partial charge in [-0.3, -0.25) is 19.9 Å². The number of hydrogen-bond donors (Lipinski definition) is 1. The van der Waals surface area contributed by atoms with Crippen molar-refractivity contribution in [3.05, 3.63) is 82.0 Å². The molecule has 2 aromatic carbocycles. The first-order valence-corrected chi connectivity index (χ1v) is 8.67. The Labute approximate surface area is 166 Å². The van der Waals surface area contributed by atoms with Crippen molar-refractivity contribution in [3.8, 4) is 0 Å². The molecule has 146 valence electrons. The lowest BCUT2D eigenvalue weighted by atomic mass is 10.1. The largest absolute Gasteiger partial charge is 0.452 e. The zero-order valence-electron chi connectivity index (χ0n) is 15.5. The van der Waals surface area contributed by atoms with Crippen LogP contribution in [0, 0.1) is 17.0 Å². The van der Waals surface area contributed by atoms with Gasteiger partial charge in [-0.2, -0.15) is 0 Å². The van der Waals surface area contributed by atoms with Crippen molar-refractivity contribution in [3.63, 3.8) is 0 Å². The molecule has 1 aromatic heterocycles. The van der Waals surface area contributed by atoms with Crippen LogP contribution in [0.1, 0.15) is 11.1 Å². The molecule has 0 fully saturated rings. The summed E-state index contributed by atoms with van der Waals surface area (Å²) in [5, 5.41) is 14.3. The van der Waals surface area contributed by atoms with E-state index in [0.29, 0.717) is 11.3 Å². The first-order chi connectivity index (χ1) is 13.9. The molecule has 8 nitrogen and oxygen atoms in total. The highest BCUT2D eigenvalue weighted by Gasteiger charge is 2.11. The highest BCUT2D eigenvalue weighted by Crippen LogP contribution is 2.21. The van der Waals surface area contributed by atoms with Crippen LogP contribution in [-0.4, -0.2) is 28.4 Å². The maximum atomic E-state index is 12.0. The summed E-state index contributed by atoms with van der Waals surface area (Å²) < 4.78 is 4.95. The molecule has 0 bridgehead atoms. The molecule has 29 heavy (non-hydrogen) atoms. The Bertz CT molecular complexity index is 1120. The van der Waals surface area contributed by atoms with E-state index in [1.54, 1.807) is 19.2 Å². The molecule has 1 N–H and O–H groups in total. The van der Waals surface area contributed by atoms with Gasteiger partial charge in [-0.1, -0.05) is 24.3 Å². The summed E-state index contributed by atoms with van der Waals surface area (Å²) in [6.07, 6.45) is 4.48. The fourth-order valence-corrected chi connectivity index (χ4v) is 2.69. The Morgan fingerprint density at radius 1 is 1.21 bits per heavy atom. The minimum atomic E-state index is -0.673. The number of amides is 1. The smallest absolute Gasteiger partial charge is 0.331 e. The van der Waals surface area contributed by atoms with E-state index in [-0.39, 0.29) is 5.69 Å². The molecule has 8 heteroatoms. The Morgan fingerprint density at radius 2 is 2.00 bits per heavy atom. The molecule has 1 amide bonds. The van der Waals surface area contributed by atoms with Crippen molar-refractivity contribution < 1.29 is 19.2 Å². The van der Waals surface area contributed by atoms with Gasteiger partial charge < -0.3 is 10.1 Å². The van der Waals surface area contributed by atoms with Gasteiger partial charge in [0.2, 0.25) is 0 Å². The Balaban J connectivity index is 1.57. The monoisotopic (exact) mass is 391 g/mol. The van der Waals surface area contributed by atoms with Crippen LogP contribution < -0.4 is 5.32 Å². The molecule has 0 aliphatic heterocycles. The fraction of sp³-hybridized carbons (Fsp3) is 0.0952. The number of benzene rings is 2. The second kappa shape index (κ2) is 8.75. The number of nitrogens with zero attached hydrogens (tertiary/aromatic N) is 2. The minimum absolute atomic E-state index is 0.0695. The van der Waals surface area contributed by atoms with E-state index in [0.717, 1.165) is 16.5 Å². The number of carbonyl (C=O) groups excluding carboxylic acids is 2. The number of pyridine rings is 1. The minimum Gasteiger partial charge on any atom is -0.452 e. The van der Waals surface area contributed by atoms with Crippen LogP contribution in [0.2, 0.25) is 0 Å². The third-order valence-corrected chi connectivity index (χ3v) is 4.10. The lowest BCUT2D eigenvalue weighted by molar-refractivity contribution is -0.384. The number of esters is 1. The lowest BCUT2D eigenvalue weighted by Gasteiger charge is -2.08. The molecule has 0 atom stereocenters. The van der Waals surface area contributed by atoms with E-state index in [4.69, 9.17) is 4.74 Å². The van der Waals surface area contributed by atoms with Gasteiger partial charge in [-0.05, 0) is 30.7 Å².